The standard InChI is InChI=1S/C16H27NO3/c1-16(2,3)15(20)17(12-10-14(18)19)11-9-13-7-5-4-6-8-13/h7H,4-6,8-12H2,1-3H3,(H,18,19). The van der Waals surface area contributed by atoms with E-state index in [1.807, 2.05) is 20.8 Å². The molecule has 0 radical (unpaired) electrons. The molecule has 1 amide bonds. The molecule has 1 aliphatic rings. The van der Waals surface area contributed by atoms with Crippen LogP contribution in [0.2, 0.25) is 0 Å². The maximum Gasteiger partial charge on any atom is 0.305 e. The minimum Gasteiger partial charge on any atom is -0.481 e. The lowest BCUT2D eigenvalue weighted by Gasteiger charge is -2.30. The van der Waals surface area contributed by atoms with Gasteiger partial charge in [0.2, 0.25) is 5.91 Å². The molecule has 4 nitrogen and oxygen atoms in total. The zero-order chi connectivity index (χ0) is 15.2. The Morgan fingerprint density at radius 1 is 1.25 bits per heavy atom. The molecule has 0 saturated heterocycles. The van der Waals surface area contributed by atoms with E-state index in [0.717, 1.165) is 19.3 Å². The van der Waals surface area contributed by atoms with Gasteiger partial charge in [0.05, 0.1) is 6.42 Å². The predicted octanol–water partition coefficient (Wildman–Crippen LogP) is 3.23. The van der Waals surface area contributed by atoms with Gasteiger partial charge in [-0.05, 0) is 32.1 Å². The molecule has 20 heavy (non-hydrogen) atoms. The summed E-state index contributed by atoms with van der Waals surface area (Å²) in [4.78, 5) is 24.8. The number of rotatable bonds is 6. The fourth-order valence-corrected chi connectivity index (χ4v) is 2.43. The number of carboxylic acid groups (broad SMARTS) is 1. The lowest BCUT2D eigenvalue weighted by molar-refractivity contribution is -0.142. The van der Waals surface area contributed by atoms with E-state index >= 15 is 0 Å². The number of hydrogen-bond acceptors (Lipinski definition) is 2. The van der Waals surface area contributed by atoms with Gasteiger partial charge in [-0.15, -0.1) is 0 Å². The fraction of sp³-hybridized carbons (Fsp3) is 0.750. The molecule has 0 aliphatic heterocycles. The van der Waals surface area contributed by atoms with Crippen molar-refractivity contribution in [2.45, 2.75) is 59.3 Å². The fourth-order valence-electron chi connectivity index (χ4n) is 2.43. The molecule has 0 saturated carbocycles. The Labute approximate surface area is 121 Å². The molecule has 114 valence electrons. The highest BCUT2D eigenvalue weighted by atomic mass is 16.4. The number of allylic oxidation sites excluding steroid dienone is 1. The lowest BCUT2D eigenvalue weighted by atomic mass is 9.93. The molecule has 0 aromatic carbocycles. The first-order valence-electron chi connectivity index (χ1n) is 7.50. The van der Waals surface area contributed by atoms with Crippen molar-refractivity contribution in [1.82, 2.24) is 4.90 Å². The summed E-state index contributed by atoms with van der Waals surface area (Å²) in [5.41, 5.74) is 0.956. The second-order valence-electron chi connectivity index (χ2n) is 6.54. The first-order chi connectivity index (χ1) is 9.30. The molecular weight excluding hydrogens is 254 g/mol. The zero-order valence-corrected chi connectivity index (χ0v) is 12.9. The van der Waals surface area contributed by atoms with Crippen LogP contribution in [-0.4, -0.2) is 35.0 Å². The van der Waals surface area contributed by atoms with Gasteiger partial charge in [0.15, 0.2) is 0 Å². The molecule has 1 N–H and O–H groups in total. The average Bonchev–Trinajstić information content (AvgIpc) is 2.38. The van der Waals surface area contributed by atoms with Crippen LogP contribution < -0.4 is 0 Å². The smallest absolute Gasteiger partial charge is 0.305 e. The Hall–Kier alpha value is -1.32. The summed E-state index contributed by atoms with van der Waals surface area (Å²) in [6.45, 7) is 6.57. The van der Waals surface area contributed by atoms with Gasteiger partial charge in [-0.25, -0.2) is 0 Å². The summed E-state index contributed by atoms with van der Waals surface area (Å²) >= 11 is 0. The molecule has 0 fully saturated rings. The number of carbonyl (C=O) groups excluding carboxylic acids is 1. The van der Waals surface area contributed by atoms with Crippen molar-refractivity contribution in [2.75, 3.05) is 13.1 Å². The number of nitrogens with zero attached hydrogens (tertiary/aromatic N) is 1. The van der Waals surface area contributed by atoms with E-state index < -0.39 is 11.4 Å². The number of carbonyl (C=O) groups is 2. The highest BCUT2D eigenvalue weighted by Crippen LogP contribution is 2.22. The van der Waals surface area contributed by atoms with Gasteiger partial charge in [0.25, 0.3) is 0 Å². The van der Waals surface area contributed by atoms with Gasteiger partial charge in [-0.3, -0.25) is 9.59 Å². The van der Waals surface area contributed by atoms with E-state index in [9.17, 15) is 9.59 Å². The molecule has 0 bridgehead atoms. The van der Waals surface area contributed by atoms with Crippen LogP contribution in [0, 0.1) is 5.41 Å². The van der Waals surface area contributed by atoms with Crippen molar-refractivity contribution >= 4 is 11.9 Å². The summed E-state index contributed by atoms with van der Waals surface area (Å²) in [7, 11) is 0. The Bertz CT molecular complexity index is 380. The van der Waals surface area contributed by atoms with E-state index in [1.165, 1.54) is 18.4 Å². The number of carboxylic acids is 1. The number of hydrogen-bond donors (Lipinski definition) is 1. The van der Waals surface area contributed by atoms with Crippen LogP contribution in [0.5, 0.6) is 0 Å². The molecular formula is C16H27NO3. The Balaban J connectivity index is 2.59. The molecule has 0 aromatic rings. The van der Waals surface area contributed by atoms with Gasteiger partial charge in [-0.1, -0.05) is 32.4 Å². The monoisotopic (exact) mass is 281 g/mol. The lowest BCUT2D eigenvalue weighted by Crippen LogP contribution is -2.41. The second kappa shape index (κ2) is 7.46. The van der Waals surface area contributed by atoms with Crippen molar-refractivity contribution in [3.8, 4) is 0 Å². The SMILES string of the molecule is CC(C)(C)C(=O)N(CCC(=O)O)CCC1=CCCCC1. The molecule has 0 aromatic heterocycles. The minimum absolute atomic E-state index is 0.0147. The van der Waals surface area contributed by atoms with Crippen LogP contribution >= 0.6 is 0 Å². The highest BCUT2D eigenvalue weighted by Gasteiger charge is 2.27. The Morgan fingerprint density at radius 3 is 2.45 bits per heavy atom. The maximum atomic E-state index is 12.4. The molecule has 0 spiro atoms. The number of aliphatic carboxylic acids is 1. The van der Waals surface area contributed by atoms with Crippen LogP contribution in [0.25, 0.3) is 0 Å². The van der Waals surface area contributed by atoms with E-state index in [2.05, 4.69) is 6.08 Å². The first kappa shape index (κ1) is 16.7. The highest BCUT2D eigenvalue weighted by molar-refractivity contribution is 5.82. The van der Waals surface area contributed by atoms with Gasteiger partial charge < -0.3 is 10.0 Å². The third kappa shape index (κ3) is 5.76. The Morgan fingerprint density at radius 2 is 1.95 bits per heavy atom. The van der Waals surface area contributed by atoms with Crippen LogP contribution in [0.1, 0.15) is 59.3 Å². The second-order valence-corrected chi connectivity index (χ2v) is 6.54. The normalized spacial score (nSPS) is 15.7. The molecule has 0 unspecified atom stereocenters. The van der Waals surface area contributed by atoms with Crippen molar-refractivity contribution in [2.24, 2.45) is 5.41 Å². The quantitative estimate of drug-likeness (QED) is 0.760. The molecule has 1 aliphatic carbocycles. The van der Waals surface area contributed by atoms with Crippen molar-refractivity contribution < 1.29 is 14.7 Å². The summed E-state index contributed by atoms with van der Waals surface area (Å²) in [5, 5.41) is 8.81. The molecule has 1 rings (SSSR count). The van der Waals surface area contributed by atoms with E-state index in [-0.39, 0.29) is 12.3 Å². The van der Waals surface area contributed by atoms with Crippen molar-refractivity contribution in [3.63, 3.8) is 0 Å². The summed E-state index contributed by atoms with van der Waals surface area (Å²) in [6.07, 6.45) is 7.91. The van der Waals surface area contributed by atoms with E-state index in [1.54, 1.807) is 4.90 Å². The summed E-state index contributed by atoms with van der Waals surface area (Å²) < 4.78 is 0. The van der Waals surface area contributed by atoms with Crippen molar-refractivity contribution in [3.05, 3.63) is 11.6 Å². The maximum absolute atomic E-state index is 12.4. The predicted molar refractivity (Wildman–Crippen MR) is 79.5 cm³/mol. The van der Waals surface area contributed by atoms with E-state index in [0.29, 0.717) is 13.1 Å². The van der Waals surface area contributed by atoms with Crippen LogP contribution in [0.3, 0.4) is 0 Å². The van der Waals surface area contributed by atoms with E-state index in [4.69, 9.17) is 5.11 Å². The first-order valence-corrected chi connectivity index (χ1v) is 7.50. The van der Waals surface area contributed by atoms with Gasteiger partial charge in [0, 0.05) is 18.5 Å². The van der Waals surface area contributed by atoms with Crippen molar-refractivity contribution in [1.29, 1.82) is 0 Å². The van der Waals surface area contributed by atoms with Crippen LogP contribution in [-0.2, 0) is 9.59 Å². The van der Waals surface area contributed by atoms with Gasteiger partial charge in [-0.2, -0.15) is 0 Å². The molecule has 0 heterocycles. The number of amides is 1. The molecule has 0 atom stereocenters. The van der Waals surface area contributed by atoms with Gasteiger partial charge in [0.1, 0.15) is 0 Å². The van der Waals surface area contributed by atoms with Crippen LogP contribution in [0.15, 0.2) is 11.6 Å². The minimum atomic E-state index is -0.853. The summed E-state index contributed by atoms with van der Waals surface area (Å²) in [6, 6.07) is 0. The third-order valence-electron chi connectivity index (χ3n) is 3.61. The largest absolute Gasteiger partial charge is 0.481 e. The topological polar surface area (TPSA) is 57.6 Å². The average molecular weight is 281 g/mol. The third-order valence-corrected chi connectivity index (χ3v) is 3.61. The van der Waals surface area contributed by atoms with Crippen LogP contribution in [0.4, 0.5) is 0 Å². The summed E-state index contributed by atoms with van der Waals surface area (Å²) in [5.74, 6) is -0.816. The Kier molecular flexibility index (Phi) is 6.24. The zero-order valence-electron chi connectivity index (χ0n) is 12.9. The van der Waals surface area contributed by atoms with Gasteiger partial charge >= 0.3 is 5.97 Å². The molecule has 4 heteroatoms.